The second-order valence-electron chi connectivity index (χ2n) is 5.80. The second kappa shape index (κ2) is 6.68. The van der Waals surface area contributed by atoms with E-state index in [0.717, 1.165) is 39.1 Å². The molecule has 2 fully saturated rings. The predicted molar refractivity (Wildman–Crippen MR) is 75.1 cm³/mol. The highest BCUT2D eigenvalue weighted by Gasteiger charge is 2.35. The molecule has 0 aliphatic carbocycles. The fraction of sp³-hybridized carbons (Fsp3) is 0.929. The molecule has 1 amide bonds. The molecule has 5 heteroatoms. The van der Waals surface area contributed by atoms with E-state index in [1.165, 1.54) is 0 Å². The summed E-state index contributed by atoms with van der Waals surface area (Å²) in [7, 11) is 2.14. The summed E-state index contributed by atoms with van der Waals surface area (Å²) < 4.78 is 5.56. The molecule has 0 aromatic heterocycles. The minimum atomic E-state index is -0.156. The Morgan fingerprint density at radius 1 is 1.53 bits per heavy atom. The van der Waals surface area contributed by atoms with Crippen LogP contribution in [-0.4, -0.2) is 74.2 Å². The summed E-state index contributed by atoms with van der Waals surface area (Å²) in [6.45, 7) is 9.57. The fourth-order valence-electron chi connectivity index (χ4n) is 2.96. The summed E-state index contributed by atoms with van der Waals surface area (Å²) >= 11 is 0. The van der Waals surface area contributed by atoms with Crippen molar-refractivity contribution in [2.45, 2.75) is 32.4 Å². The van der Waals surface area contributed by atoms with E-state index in [2.05, 4.69) is 24.2 Å². The molecule has 0 aromatic rings. The van der Waals surface area contributed by atoms with Gasteiger partial charge in [-0.25, -0.2) is 0 Å². The minimum Gasteiger partial charge on any atom is -0.375 e. The molecule has 1 N–H and O–H groups in total. The monoisotopic (exact) mass is 269 g/mol. The van der Waals surface area contributed by atoms with E-state index in [1.54, 1.807) is 0 Å². The lowest BCUT2D eigenvalue weighted by Crippen LogP contribution is -2.56. The number of hydrogen-bond donors (Lipinski definition) is 1. The molecule has 1 unspecified atom stereocenters. The van der Waals surface area contributed by atoms with Gasteiger partial charge in [0.25, 0.3) is 0 Å². The van der Waals surface area contributed by atoms with Crippen molar-refractivity contribution < 1.29 is 9.53 Å². The van der Waals surface area contributed by atoms with E-state index in [9.17, 15) is 4.79 Å². The van der Waals surface area contributed by atoms with E-state index >= 15 is 0 Å². The molecule has 2 saturated heterocycles. The zero-order valence-electron chi connectivity index (χ0n) is 12.4. The Kier molecular flexibility index (Phi) is 5.19. The van der Waals surface area contributed by atoms with Gasteiger partial charge in [-0.3, -0.25) is 4.79 Å². The van der Waals surface area contributed by atoms with E-state index in [1.807, 2.05) is 11.8 Å². The van der Waals surface area contributed by atoms with Crippen molar-refractivity contribution in [3.8, 4) is 0 Å². The molecule has 2 aliphatic rings. The Bertz CT molecular complexity index is 311. The number of likely N-dealkylation sites (tertiary alicyclic amines) is 1. The Balaban J connectivity index is 1.84. The highest BCUT2D eigenvalue weighted by Crippen LogP contribution is 2.19. The van der Waals surface area contributed by atoms with Gasteiger partial charge in [0.2, 0.25) is 5.91 Å². The average Bonchev–Trinajstić information content (AvgIpc) is 2.87. The number of carbonyl (C=O) groups is 1. The minimum absolute atomic E-state index is 0.0152. The first-order valence-corrected chi connectivity index (χ1v) is 7.44. The van der Waals surface area contributed by atoms with E-state index in [0.29, 0.717) is 12.5 Å². The zero-order chi connectivity index (χ0) is 13.8. The number of amides is 1. The van der Waals surface area contributed by atoms with E-state index in [4.69, 9.17) is 4.74 Å². The molecule has 0 radical (unpaired) electrons. The van der Waals surface area contributed by atoms with Gasteiger partial charge in [-0.2, -0.15) is 0 Å². The summed E-state index contributed by atoms with van der Waals surface area (Å²) in [4.78, 5) is 16.8. The van der Waals surface area contributed by atoms with Crippen LogP contribution >= 0.6 is 0 Å². The number of rotatable bonds is 4. The van der Waals surface area contributed by atoms with Gasteiger partial charge >= 0.3 is 0 Å². The zero-order valence-corrected chi connectivity index (χ0v) is 12.4. The first kappa shape index (κ1) is 14.8. The maximum Gasteiger partial charge on any atom is 0.242 e. The molecule has 19 heavy (non-hydrogen) atoms. The van der Waals surface area contributed by atoms with Crippen LogP contribution in [0.2, 0.25) is 0 Å². The van der Waals surface area contributed by atoms with Crippen LogP contribution in [0.15, 0.2) is 0 Å². The molecular formula is C14H27N3O2. The van der Waals surface area contributed by atoms with Crippen LogP contribution in [0.5, 0.6) is 0 Å². The first-order valence-electron chi connectivity index (χ1n) is 7.44. The summed E-state index contributed by atoms with van der Waals surface area (Å²) in [5.41, 5.74) is 0. The van der Waals surface area contributed by atoms with Crippen LogP contribution in [0, 0.1) is 5.92 Å². The van der Waals surface area contributed by atoms with Gasteiger partial charge in [0.05, 0.1) is 12.7 Å². The fourth-order valence-corrected chi connectivity index (χ4v) is 2.96. The van der Waals surface area contributed by atoms with Gasteiger partial charge in [-0.15, -0.1) is 0 Å². The summed E-state index contributed by atoms with van der Waals surface area (Å²) in [6, 6.07) is -0.156. The third kappa shape index (κ3) is 3.68. The molecule has 0 spiro atoms. The third-order valence-corrected chi connectivity index (χ3v) is 4.29. The van der Waals surface area contributed by atoms with Crippen LogP contribution in [0.4, 0.5) is 0 Å². The van der Waals surface area contributed by atoms with Crippen LogP contribution in [0.3, 0.4) is 0 Å². The topological polar surface area (TPSA) is 44.8 Å². The third-order valence-electron chi connectivity index (χ3n) is 4.29. The van der Waals surface area contributed by atoms with Crippen molar-refractivity contribution in [1.29, 1.82) is 0 Å². The number of hydrogen-bond acceptors (Lipinski definition) is 4. The maximum absolute atomic E-state index is 12.5. The van der Waals surface area contributed by atoms with Crippen molar-refractivity contribution in [3.05, 3.63) is 0 Å². The van der Waals surface area contributed by atoms with Gasteiger partial charge < -0.3 is 19.9 Å². The van der Waals surface area contributed by atoms with Gasteiger partial charge in [-0.1, -0.05) is 6.92 Å². The smallest absolute Gasteiger partial charge is 0.242 e. The quantitative estimate of drug-likeness (QED) is 0.790. The molecular weight excluding hydrogens is 242 g/mol. The molecule has 2 aliphatic heterocycles. The van der Waals surface area contributed by atoms with Gasteiger partial charge in [-0.05, 0) is 32.9 Å². The van der Waals surface area contributed by atoms with Gasteiger partial charge in [0.1, 0.15) is 6.04 Å². The Morgan fingerprint density at radius 3 is 3.00 bits per heavy atom. The standard InChI is InChI=1S/C14H27N3O2/c1-4-16(3)9-12-5-7-17(10-12)14(18)13-11(2)19-8-6-15-13/h11-13,15H,4-10H2,1-3H3/t11-,12?,13+/m1/s1. The normalized spacial score (nSPS) is 32.0. The largest absolute Gasteiger partial charge is 0.375 e. The molecule has 0 bridgehead atoms. The number of nitrogens with zero attached hydrogens (tertiary/aromatic N) is 2. The Hall–Kier alpha value is -0.650. The van der Waals surface area contributed by atoms with Crippen molar-refractivity contribution in [2.24, 2.45) is 5.92 Å². The van der Waals surface area contributed by atoms with E-state index in [-0.39, 0.29) is 18.1 Å². The maximum atomic E-state index is 12.5. The lowest BCUT2D eigenvalue weighted by atomic mass is 10.1. The average molecular weight is 269 g/mol. The van der Waals surface area contributed by atoms with Crippen LogP contribution in [0.1, 0.15) is 20.3 Å². The number of ether oxygens (including phenoxy) is 1. The molecule has 2 rings (SSSR count). The second-order valence-corrected chi connectivity index (χ2v) is 5.80. The van der Waals surface area contributed by atoms with Crippen molar-refractivity contribution in [3.63, 3.8) is 0 Å². The Morgan fingerprint density at radius 2 is 2.32 bits per heavy atom. The Labute approximate surface area is 116 Å². The highest BCUT2D eigenvalue weighted by atomic mass is 16.5. The molecule has 3 atom stereocenters. The lowest BCUT2D eigenvalue weighted by molar-refractivity contribution is -0.138. The SMILES string of the molecule is CCN(C)CC1CCN(C(=O)[C@H]2NCCO[C@@H]2C)C1. The number of morpholine rings is 1. The molecule has 5 nitrogen and oxygen atoms in total. The molecule has 110 valence electrons. The predicted octanol–water partition coefficient (Wildman–Crippen LogP) is 0.164. The van der Waals surface area contributed by atoms with Crippen LogP contribution in [-0.2, 0) is 9.53 Å². The van der Waals surface area contributed by atoms with E-state index < -0.39 is 0 Å². The highest BCUT2D eigenvalue weighted by molar-refractivity contribution is 5.83. The summed E-state index contributed by atoms with van der Waals surface area (Å²) in [5, 5.41) is 3.29. The van der Waals surface area contributed by atoms with Crippen molar-refractivity contribution in [1.82, 2.24) is 15.1 Å². The van der Waals surface area contributed by atoms with Crippen molar-refractivity contribution in [2.75, 3.05) is 46.4 Å². The van der Waals surface area contributed by atoms with Crippen molar-refractivity contribution >= 4 is 5.91 Å². The first-order chi connectivity index (χ1) is 9.11. The molecule has 0 saturated carbocycles. The van der Waals surface area contributed by atoms with Gasteiger partial charge in [0.15, 0.2) is 0 Å². The van der Waals surface area contributed by atoms with Crippen LogP contribution in [0.25, 0.3) is 0 Å². The lowest BCUT2D eigenvalue weighted by Gasteiger charge is -2.32. The van der Waals surface area contributed by atoms with Crippen LogP contribution < -0.4 is 5.32 Å². The molecule has 2 heterocycles. The number of nitrogens with one attached hydrogen (secondary N) is 1. The molecule has 0 aromatic carbocycles. The summed E-state index contributed by atoms with van der Waals surface area (Å²) in [5.74, 6) is 0.836. The summed E-state index contributed by atoms with van der Waals surface area (Å²) in [6.07, 6.45) is 1.11. The van der Waals surface area contributed by atoms with Gasteiger partial charge in [0, 0.05) is 26.2 Å². The number of carbonyl (C=O) groups excluding carboxylic acids is 1.